The molecule has 0 spiro atoms. The number of nitrogens with one attached hydrogen (secondary N) is 1. The Hall–Kier alpha value is -3.78. The zero-order valence-corrected chi connectivity index (χ0v) is 17.1. The van der Waals surface area contributed by atoms with Gasteiger partial charge in [-0.2, -0.15) is 0 Å². The molecule has 0 radical (unpaired) electrons. The fraction of sp³-hybridized carbons (Fsp3) is 0.0909. The number of rotatable bonds is 5. The number of benzene rings is 2. The van der Waals surface area contributed by atoms with E-state index < -0.39 is 0 Å². The maximum atomic E-state index is 5.40. The van der Waals surface area contributed by atoms with Crippen molar-refractivity contribution in [2.45, 2.75) is 0 Å². The first-order valence-corrected chi connectivity index (χ1v) is 10.0. The Kier molecular flexibility index (Phi) is 4.61. The van der Waals surface area contributed by atoms with Crippen LogP contribution in [0.15, 0.2) is 60.9 Å². The SMILES string of the molecule is COc1ccc2nc(-c3cccnc3)nc(Nc3ccc4sc(OC)nc4c3)c2c1. The number of anilines is 2. The van der Waals surface area contributed by atoms with Crippen LogP contribution in [-0.4, -0.2) is 34.2 Å². The number of thiazole rings is 1. The van der Waals surface area contributed by atoms with Crippen LogP contribution in [0.2, 0.25) is 0 Å². The van der Waals surface area contributed by atoms with Crippen LogP contribution >= 0.6 is 11.3 Å². The van der Waals surface area contributed by atoms with E-state index in [1.807, 2.05) is 48.5 Å². The molecule has 5 aromatic rings. The third-order valence-corrected chi connectivity index (χ3v) is 5.63. The highest BCUT2D eigenvalue weighted by Crippen LogP contribution is 2.33. The van der Waals surface area contributed by atoms with Gasteiger partial charge in [-0.05, 0) is 48.5 Å². The summed E-state index contributed by atoms with van der Waals surface area (Å²) in [6.07, 6.45) is 3.48. The summed E-state index contributed by atoms with van der Waals surface area (Å²) in [5.41, 5.74) is 3.39. The summed E-state index contributed by atoms with van der Waals surface area (Å²) >= 11 is 1.51. The van der Waals surface area contributed by atoms with Crippen LogP contribution in [0.4, 0.5) is 11.5 Å². The van der Waals surface area contributed by atoms with E-state index >= 15 is 0 Å². The van der Waals surface area contributed by atoms with E-state index in [1.165, 1.54) is 11.3 Å². The smallest absolute Gasteiger partial charge is 0.274 e. The highest BCUT2D eigenvalue weighted by molar-refractivity contribution is 7.20. The van der Waals surface area contributed by atoms with Crippen LogP contribution in [0.3, 0.4) is 0 Å². The quantitative estimate of drug-likeness (QED) is 0.429. The second kappa shape index (κ2) is 7.57. The second-order valence-corrected chi connectivity index (χ2v) is 7.51. The van der Waals surface area contributed by atoms with Crippen molar-refractivity contribution < 1.29 is 9.47 Å². The van der Waals surface area contributed by atoms with Crippen LogP contribution in [0.5, 0.6) is 10.9 Å². The summed E-state index contributed by atoms with van der Waals surface area (Å²) in [6, 6.07) is 15.5. The number of fused-ring (bicyclic) bond motifs is 2. The summed E-state index contributed by atoms with van der Waals surface area (Å²) in [4.78, 5) is 18.2. The molecule has 148 valence electrons. The Morgan fingerprint density at radius 3 is 2.63 bits per heavy atom. The van der Waals surface area contributed by atoms with Gasteiger partial charge in [0.15, 0.2) is 5.82 Å². The number of methoxy groups -OCH3 is 2. The van der Waals surface area contributed by atoms with Gasteiger partial charge in [-0.15, -0.1) is 0 Å². The van der Waals surface area contributed by atoms with Crippen molar-refractivity contribution in [2.75, 3.05) is 19.5 Å². The van der Waals surface area contributed by atoms with E-state index in [0.717, 1.165) is 38.1 Å². The van der Waals surface area contributed by atoms with Gasteiger partial charge in [-0.3, -0.25) is 4.98 Å². The van der Waals surface area contributed by atoms with Crippen molar-refractivity contribution in [3.63, 3.8) is 0 Å². The number of pyridine rings is 1. The largest absolute Gasteiger partial charge is 0.497 e. The first-order valence-electron chi connectivity index (χ1n) is 9.21. The minimum absolute atomic E-state index is 0.597. The van der Waals surface area contributed by atoms with Crippen LogP contribution in [0.25, 0.3) is 32.5 Å². The average Bonchev–Trinajstić information content (AvgIpc) is 3.22. The van der Waals surface area contributed by atoms with Crippen molar-refractivity contribution >= 4 is 44.0 Å². The summed E-state index contributed by atoms with van der Waals surface area (Å²) in [5.74, 6) is 2.02. The molecule has 0 unspecified atom stereocenters. The minimum atomic E-state index is 0.597. The highest BCUT2D eigenvalue weighted by Gasteiger charge is 2.12. The Morgan fingerprint density at radius 2 is 1.83 bits per heavy atom. The first-order chi connectivity index (χ1) is 14.7. The van der Waals surface area contributed by atoms with Crippen molar-refractivity contribution in [3.05, 3.63) is 60.9 Å². The Bertz CT molecular complexity index is 1350. The zero-order chi connectivity index (χ0) is 20.5. The molecule has 0 aliphatic heterocycles. The van der Waals surface area contributed by atoms with Gasteiger partial charge >= 0.3 is 0 Å². The molecule has 2 aromatic carbocycles. The molecule has 5 rings (SSSR count). The van der Waals surface area contributed by atoms with Crippen LogP contribution in [0.1, 0.15) is 0 Å². The van der Waals surface area contributed by atoms with E-state index in [0.29, 0.717) is 16.8 Å². The summed E-state index contributed by atoms with van der Waals surface area (Å²) < 4.78 is 11.7. The van der Waals surface area contributed by atoms with Gasteiger partial charge in [-0.25, -0.2) is 15.0 Å². The Labute approximate surface area is 176 Å². The normalized spacial score (nSPS) is 11.0. The Balaban J connectivity index is 1.64. The van der Waals surface area contributed by atoms with E-state index in [-0.39, 0.29) is 0 Å². The van der Waals surface area contributed by atoms with Gasteiger partial charge in [0.05, 0.1) is 30.0 Å². The molecule has 0 atom stereocenters. The maximum Gasteiger partial charge on any atom is 0.274 e. The van der Waals surface area contributed by atoms with E-state index in [1.54, 1.807) is 26.6 Å². The standard InChI is InChI=1S/C22H17N5O2S/c1-28-15-6-7-17-16(11-15)21(27-20(25-17)13-4-3-9-23-12-13)24-14-5-8-19-18(10-14)26-22(29-2)30-19/h3-12H,1-2H3,(H,24,25,27). The van der Waals surface area contributed by atoms with E-state index in [9.17, 15) is 0 Å². The van der Waals surface area contributed by atoms with Crippen LogP contribution in [-0.2, 0) is 0 Å². The molecule has 0 saturated carbocycles. The van der Waals surface area contributed by atoms with Crippen molar-refractivity contribution in [1.82, 2.24) is 19.9 Å². The maximum absolute atomic E-state index is 5.40. The number of hydrogen-bond acceptors (Lipinski definition) is 8. The molecule has 3 heterocycles. The molecule has 0 saturated heterocycles. The lowest BCUT2D eigenvalue weighted by molar-refractivity contribution is 0.413. The van der Waals surface area contributed by atoms with E-state index in [4.69, 9.17) is 19.4 Å². The molecule has 0 bridgehead atoms. The Morgan fingerprint density at radius 1 is 0.900 bits per heavy atom. The number of nitrogens with zero attached hydrogens (tertiary/aromatic N) is 4. The first kappa shape index (κ1) is 18.3. The molecule has 0 fully saturated rings. The van der Waals surface area contributed by atoms with Crippen LogP contribution in [0, 0.1) is 0 Å². The second-order valence-electron chi connectivity index (χ2n) is 6.51. The van der Waals surface area contributed by atoms with Gasteiger partial charge in [0.1, 0.15) is 11.6 Å². The average molecular weight is 415 g/mol. The number of aromatic nitrogens is 4. The van der Waals surface area contributed by atoms with Crippen molar-refractivity contribution in [2.24, 2.45) is 0 Å². The predicted octanol–water partition coefficient (Wildman–Crippen LogP) is 5.06. The minimum Gasteiger partial charge on any atom is -0.497 e. The molecule has 0 aliphatic rings. The van der Waals surface area contributed by atoms with Gasteiger partial charge < -0.3 is 14.8 Å². The summed E-state index contributed by atoms with van der Waals surface area (Å²) in [5, 5.41) is 4.92. The third kappa shape index (κ3) is 3.37. The lowest BCUT2D eigenvalue weighted by atomic mass is 10.2. The van der Waals surface area contributed by atoms with Gasteiger partial charge in [0.25, 0.3) is 5.19 Å². The van der Waals surface area contributed by atoms with Crippen molar-refractivity contribution in [1.29, 1.82) is 0 Å². The lowest BCUT2D eigenvalue weighted by Gasteiger charge is -2.12. The highest BCUT2D eigenvalue weighted by atomic mass is 32.1. The number of hydrogen-bond donors (Lipinski definition) is 1. The molecule has 30 heavy (non-hydrogen) atoms. The molecule has 0 aliphatic carbocycles. The monoisotopic (exact) mass is 415 g/mol. The molecule has 7 nitrogen and oxygen atoms in total. The van der Waals surface area contributed by atoms with E-state index in [2.05, 4.69) is 15.3 Å². The molecule has 3 aromatic heterocycles. The van der Waals surface area contributed by atoms with Crippen LogP contribution < -0.4 is 14.8 Å². The third-order valence-electron chi connectivity index (χ3n) is 4.63. The molecular formula is C22H17N5O2S. The number of ether oxygens (including phenoxy) is 2. The molecule has 0 amide bonds. The summed E-state index contributed by atoms with van der Waals surface area (Å²) in [6.45, 7) is 0. The predicted molar refractivity (Wildman–Crippen MR) is 119 cm³/mol. The van der Waals surface area contributed by atoms with Gasteiger partial charge in [-0.1, -0.05) is 11.3 Å². The molecule has 1 N–H and O–H groups in total. The molecule has 8 heteroatoms. The van der Waals surface area contributed by atoms with Crippen molar-refractivity contribution in [3.8, 4) is 22.3 Å². The molecular weight excluding hydrogens is 398 g/mol. The topological polar surface area (TPSA) is 82.1 Å². The zero-order valence-electron chi connectivity index (χ0n) is 16.3. The summed E-state index contributed by atoms with van der Waals surface area (Å²) in [7, 11) is 3.26. The van der Waals surface area contributed by atoms with Gasteiger partial charge in [0.2, 0.25) is 0 Å². The fourth-order valence-electron chi connectivity index (χ4n) is 3.16. The lowest BCUT2D eigenvalue weighted by Crippen LogP contribution is -2.00. The van der Waals surface area contributed by atoms with Gasteiger partial charge in [0, 0.05) is 29.0 Å². The fourth-order valence-corrected chi connectivity index (χ4v) is 3.92.